The Hall–Kier alpha value is -2.88. The van der Waals surface area contributed by atoms with Crippen LogP contribution in [-0.4, -0.2) is 46.0 Å². The number of nitriles is 1. The fourth-order valence-corrected chi connectivity index (χ4v) is 1.43. The minimum absolute atomic E-state index is 0.0709. The number of rotatable bonds is 5. The Morgan fingerprint density at radius 1 is 1.16 bits per heavy atom. The first-order valence-electron chi connectivity index (χ1n) is 5.17. The van der Waals surface area contributed by atoms with E-state index < -0.39 is 30.9 Å². The molecule has 0 aromatic heterocycles. The first-order chi connectivity index (χ1) is 8.93. The number of carbonyl (C=O) groups excluding carboxylic acids is 1. The molecule has 2 N–H and O–H groups in total. The first kappa shape index (κ1) is 14.2. The molecule has 1 rings (SSSR count). The van der Waals surface area contributed by atoms with Crippen LogP contribution in [0.3, 0.4) is 0 Å². The summed E-state index contributed by atoms with van der Waals surface area (Å²) in [6.45, 7) is -1.44. The van der Waals surface area contributed by atoms with Gasteiger partial charge in [0.25, 0.3) is 5.91 Å². The molecule has 19 heavy (non-hydrogen) atoms. The van der Waals surface area contributed by atoms with E-state index in [1.165, 1.54) is 24.3 Å². The number of nitrogens with zero attached hydrogens (tertiary/aromatic N) is 2. The molecular formula is C12H10N2O5. The summed E-state index contributed by atoms with van der Waals surface area (Å²) in [7, 11) is 0. The van der Waals surface area contributed by atoms with Crippen LogP contribution in [0.1, 0.15) is 15.9 Å². The van der Waals surface area contributed by atoms with Crippen LogP contribution in [0.25, 0.3) is 0 Å². The second-order valence-electron chi connectivity index (χ2n) is 3.64. The number of amides is 1. The number of hydrogen-bond acceptors (Lipinski definition) is 4. The molecule has 7 nitrogen and oxygen atoms in total. The predicted molar refractivity (Wildman–Crippen MR) is 62.3 cm³/mol. The number of carboxylic acid groups (broad SMARTS) is 2. The summed E-state index contributed by atoms with van der Waals surface area (Å²) in [6.07, 6.45) is 0. The topological polar surface area (TPSA) is 119 Å². The average Bonchev–Trinajstić information content (AvgIpc) is 2.36. The van der Waals surface area contributed by atoms with E-state index in [1.54, 1.807) is 0 Å². The Balaban J connectivity index is 3.00. The first-order valence-corrected chi connectivity index (χ1v) is 5.17. The van der Waals surface area contributed by atoms with Crippen LogP contribution in [0.2, 0.25) is 0 Å². The van der Waals surface area contributed by atoms with Crippen molar-refractivity contribution in [2.45, 2.75) is 0 Å². The number of benzene rings is 1. The molecule has 0 saturated heterocycles. The van der Waals surface area contributed by atoms with Gasteiger partial charge in [-0.3, -0.25) is 14.4 Å². The lowest BCUT2D eigenvalue weighted by molar-refractivity contribution is -0.140. The van der Waals surface area contributed by atoms with Gasteiger partial charge < -0.3 is 15.1 Å². The largest absolute Gasteiger partial charge is 0.480 e. The molecule has 0 spiro atoms. The second-order valence-corrected chi connectivity index (χ2v) is 3.64. The molecule has 0 unspecified atom stereocenters. The Labute approximate surface area is 108 Å². The van der Waals surface area contributed by atoms with E-state index in [0.29, 0.717) is 4.90 Å². The maximum atomic E-state index is 12.0. The number of carbonyl (C=O) groups is 3. The molecule has 0 aliphatic rings. The molecule has 1 aromatic carbocycles. The zero-order valence-electron chi connectivity index (χ0n) is 9.74. The average molecular weight is 262 g/mol. The molecule has 0 aliphatic carbocycles. The van der Waals surface area contributed by atoms with Crippen molar-refractivity contribution >= 4 is 17.8 Å². The van der Waals surface area contributed by atoms with Crippen molar-refractivity contribution in [3.63, 3.8) is 0 Å². The number of carboxylic acids is 2. The number of hydrogen-bond donors (Lipinski definition) is 2. The van der Waals surface area contributed by atoms with Crippen LogP contribution in [0.5, 0.6) is 0 Å². The molecule has 0 bridgehead atoms. The summed E-state index contributed by atoms with van der Waals surface area (Å²) >= 11 is 0. The Kier molecular flexibility index (Phi) is 4.60. The van der Waals surface area contributed by atoms with Crippen molar-refractivity contribution in [3.8, 4) is 6.07 Å². The molecule has 0 aliphatic heterocycles. The summed E-state index contributed by atoms with van der Waals surface area (Å²) < 4.78 is 0. The van der Waals surface area contributed by atoms with Crippen LogP contribution in [0.15, 0.2) is 24.3 Å². The van der Waals surface area contributed by atoms with Gasteiger partial charge in [0.05, 0.1) is 11.6 Å². The van der Waals surface area contributed by atoms with Gasteiger partial charge in [-0.1, -0.05) is 6.07 Å². The van der Waals surface area contributed by atoms with E-state index in [1.807, 2.05) is 6.07 Å². The van der Waals surface area contributed by atoms with Crippen molar-refractivity contribution < 1.29 is 24.6 Å². The fourth-order valence-electron chi connectivity index (χ4n) is 1.43. The second kappa shape index (κ2) is 6.16. The van der Waals surface area contributed by atoms with E-state index >= 15 is 0 Å². The minimum Gasteiger partial charge on any atom is -0.480 e. The predicted octanol–water partition coefficient (Wildman–Crippen LogP) is 0.170. The quantitative estimate of drug-likeness (QED) is 0.780. The monoisotopic (exact) mass is 262 g/mol. The van der Waals surface area contributed by atoms with Crippen molar-refractivity contribution in [2.75, 3.05) is 13.1 Å². The van der Waals surface area contributed by atoms with Crippen molar-refractivity contribution in [1.82, 2.24) is 4.90 Å². The smallest absolute Gasteiger partial charge is 0.323 e. The highest BCUT2D eigenvalue weighted by Crippen LogP contribution is 2.08. The molecule has 1 amide bonds. The fraction of sp³-hybridized carbons (Fsp3) is 0.167. The Morgan fingerprint density at radius 2 is 1.74 bits per heavy atom. The van der Waals surface area contributed by atoms with E-state index in [2.05, 4.69) is 0 Å². The maximum absolute atomic E-state index is 12.0. The summed E-state index contributed by atoms with van der Waals surface area (Å²) in [4.78, 5) is 33.9. The van der Waals surface area contributed by atoms with Crippen molar-refractivity contribution in [2.24, 2.45) is 0 Å². The molecule has 1 aromatic rings. The number of aliphatic carboxylic acids is 2. The van der Waals surface area contributed by atoms with Crippen LogP contribution in [0.4, 0.5) is 0 Å². The molecule has 98 valence electrons. The van der Waals surface area contributed by atoms with E-state index in [-0.39, 0.29) is 11.1 Å². The van der Waals surface area contributed by atoms with Gasteiger partial charge >= 0.3 is 11.9 Å². The standard InChI is InChI=1S/C12H10N2O5/c13-5-8-2-1-3-9(4-8)12(19)14(6-10(15)16)7-11(17)18/h1-4H,6-7H2,(H,15,16)(H,17,18). The molecular weight excluding hydrogens is 252 g/mol. The lowest BCUT2D eigenvalue weighted by Gasteiger charge is -2.18. The third-order valence-electron chi connectivity index (χ3n) is 2.18. The van der Waals surface area contributed by atoms with Gasteiger partial charge in [0.2, 0.25) is 0 Å². The summed E-state index contributed by atoms with van der Waals surface area (Å²) in [5.74, 6) is -3.38. The van der Waals surface area contributed by atoms with E-state index in [4.69, 9.17) is 15.5 Å². The molecule has 0 saturated carbocycles. The summed E-state index contributed by atoms with van der Waals surface area (Å²) in [5, 5.41) is 26.0. The molecule has 0 radical (unpaired) electrons. The Bertz CT molecular complexity index is 545. The van der Waals surface area contributed by atoms with E-state index in [0.717, 1.165) is 0 Å². The van der Waals surface area contributed by atoms with Gasteiger partial charge in [0.15, 0.2) is 0 Å². The normalized spacial score (nSPS) is 9.42. The van der Waals surface area contributed by atoms with Gasteiger partial charge in [-0.2, -0.15) is 5.26 Å². The zero-order valence-corrected chi connectivity index (χ0v) is 9.74. The lowest BCUT2D eigenvalue weighted by atomic mass is 10.1. The van der Waals surface area contributed by atoms with Gasteiger partial charge in [-0.05, 0) is 18.2 Å². The third-order valence-corrected chi connectivity index (χ3v) is 2.18. The minimum atomic E-state index is -1.31. The molecule has 0 atom stereocenters. The molecule has 0 heterocycles. The highest BCUT2D eigenvalue weighted by Gasteiger charge is 2.21. The van der Waals surface area contributed by atoms with Crippen LogP contribution >= 0.6 is 0 Å². The third kappa shape index (κ3) is 4.12. The highest BCUT2D eigenvalue weighted by molar-refractivity contribution is 5.97. The summed E-state index contributed by atoms with van der Waals surface area (Å²) in [5.41, 5.74) is 0.304. The van der Waals surface area contributed by atoms with Crippen LogP contribution < -0.4 is 0 Å². The summed E-state index contributed by atoms with van der Waals surface area (Å²) in [6, 6.07) is 7.45. The maximum Gasteiger partial charge on any atom is 0.323 e. The van der Waals surface area contributed by atoms with Gasteiger partial charge in [-0.15, -0.1) is 0 Å². The van der Waals surface area contributed by atoms with Crippen LogP contribution in [-0.2, 0) is 9.59 Å². The molecule has 0 fully saturated rings. The zero-order chi connectivity index (χ0) is 14.4. The SMILES string of the molecule is N#Cc1cccc(C(=O)N(CC(=O)O)CC(=O)O)c1. The lowest BCUT2D eigenvalue weighted by Crippen LogP contribution is -2.39. The highest BCUT2D eigenvalue weighted by atomic mass is 16.4. The van der Waals surface area contributed by atoms with Crippen molar-refractivity contribution in [3.05, 3.63) is 35.4 Å². The van der Waals surface area contributed by atoms with E-state index in [9.17, 15) is 14.4 Å². The van der Waals surface area contributed by atoms with Gasteiger partial charge in [0, 0.05) is 5.56 Å². The van der Waals surface area contributed by atoms with Crippen LogP contribution in [0, 0.1) is 11.3 Å². The molecule has 7 heteroatoms. The van der Waals surface area contributed by atoms with Crippen molar-refractivity contribution in [1.29, 1.82) is 5.26 Å². The van der Waals surface area contributed by atoms with Gasteiger partial charge in [-0.25, -0.2) is 0 Å². The Morgan fingerprint density at radius 3 is 2.21 bits per heavy atom. The van der Waals surface area contributed by atoms with Gasteiger partial charge in [0.1, 0.15) is 13.1 Å².